The monoisotopic (exact) mass is 478 g/mol. The average Bonchev–Trinajstić information content (AvgIpc) is 3.61. The normalized spacial score (nSPS) is 13.9. The first-order chi connectivity index (χ1) is 18.8. The molecular formula is C35H19BN2. The lowest BCUT2D eigenvalue weighted by Gasteiger charge is -2.32. The van der Waals surface area contributed by atoms with Crippen LogP contribution in [0.4, 0.5) is 0 Å². The lowest BCUT2D eigenvalue weighted by molar-refractivity contribution is 1.30. The SMILES string of the molecule is Cc1cc2c3c4c1c1cccc5c6cccc(c6n4c51)B3n1c3c-2cccc3c2ccc3ccccc3c21. The fourth-order valence-electron chi connectivity index (χ4n) is 8.44. The van der Waals surface area contributed by atoms with Gasteiger partial charge in [0.1, 0.15) is 0 Å². The van der Waals surface area contributed by atoms with E-state index in [4.69, 9.17) is 0 Å². The summed E-state index contributed by atoms with van der Waals surface area (Å²) in [6.07, 6.45) is 0. The fourth-order valence-corrected chi connectivity index (χ4v) is 8.44. The molecule has 11 rings (SSSR count). The molecule has 0 saturated heterocycles. The van der Waals surface area contributed by atoms with E-state index < -0.39 is 0 Å². The van der Waals surface area contributed by atoms with Crippen molar-refractivity contribution in [1.82, 2.24) is 8.88 Å². The van der Waals surface area contributed by atoms with Gasteiger partial charge >= 0.3 is 6.85 Å². The number of aromatic nitrogens is 2. The molecule has 38 heavy (non-hydrogen) atoms. The van der Waals surface area contributed by atoms with Crippen molar-refractivity contribution >= 4 is 88.4 Å². The first-order valence-electron chi connectivity index (χ1n) is 13.5. The molecule has 172 valence electrons. The highest BCUT2D eigenvalue weighted by Crippen LogP contribution is 2.47. The summed E-state index contributed by atoms with van der Waals surface area (Å²) in [5, 5.41) is 10.9. The Morgan fingerprint density at radius 1 is 0.526 bits per heavy atom. The van der Waals surface area contributed by atoms with Gasteiger partial charge in [-0.3, -0.25) is 0 Å². The maximum Gasteiger partial charge on any atom is 0.333 e. The molecule has 9 aromatic rings. The van der Waals surface area contributed by atoms with Crippen molar-refractivity contribution in [1.29, 1.82) is 0 Å². The van der Waals surface area contributed by atoms with E-state index >= 15 is 0 Å². The Morgan fingerprint density at radius 2 is 1.24 bits per heavy atom. The van der Waals surface area contributed by atoms with Gasteiger partial charge in [-0.15, -0.1) is 0 Å². The number of hydrogen-bond acceptors (Lipinski definition) is 0. The molecular weight excluding hydrogens is 459 g/mol. The van der Waals surface area contributed by atoms with E-state index in [0.717, 1.165) is 0 Å². The Morgan fingerprint density at radius 3 is 2.16 bits per heavy atom. The fraction of sp³-hybridized carbons (Fsp3) is 0.0286. The number of fused-ring (bicyclic) bond motifs is 10. The first-order valence-corrected chi connectivity index (χ1v) is 13.5. The summed E-state index contributed by atoms with van der Waals surface area (Å²) in [5.74, 6) is 0. The Balaban J connectivity index is 1.52. The molecule has 0 unspecified atom stereocenters. The van der Waals surface area contributed by atoms with Gasteiger partial charge in [-0.25, -0.2) is 0 Å². The summed E-state index contributed by atoms with van der Waals surface area (Å²) < 4.78 is 5.32. The summed E-state index contributed by atoms with van der Waals surface area (Å²) in [6, 6.07) is 36.8. The van der Waals surface area contributed by atoms with Crippen LogP contribution in [0.1, 0.15) is 5.56 Å². The van der Waals surface area contributed by atoms with Crippen LogP contribution in [-0.4, -0.2) is 15.7 Å². The molecule has 0 fully saturated rings. The average molecular weight is 478 g/mol. The highest BCUT2D eigenvalue weighted by atomic mass is 15.0. The number of rotatable bonds is 0. The quantitative estimate of drug-likeness (QED) is 0.202. The molecule has 0 radical (unpaired) electrons. The van der Waals surface area contributed by atoms with Crippen molar-refractivity contribution < 1.29 is 0 Å². The van der Waals surface area contributed by atoms with Crippen LogP contribution < -0.4 is 10.9 Å². The largest absolute Gasteiger partial charge is 0.375 e. The molecule has 0 amide bonds. The Labute approximate surface area is 217 Å². The summed E-state index contributed by atoms with van der Waals surface area (Å²) in [6.45, 7) is 2.44. The maximum atomic E-state index is 2.70. The smallest absolute Gasteiger partial charge is 0.333 e. The topological polar surface area (TPSA) is 9.34 Å². The number of hydrogen-bond donors (Lipinski definition) is 0. The summed E-state index contributed by atoms with van der Waals surface area (Å²) in [5.41, 5.74) is 13.9. The molecule has 0 N–H and O–H groups in total. The van der Waals surface area contributed by atoms with Crippen molar-refractivity contribution in [2.75, 3.05) is 0 Å². The zero-order valence-corrected chi connectivity index (χ0v) is 20.7. The van der Waals surface area contributed by atoms with Gasteiger partial charge in [-0.2, -0.15) is 0 Å². The molecule has 2 aliphatic heterocycles. The highest BCUT2D eigenvalue weighted by molar-refractivity contribution is 6.91. The van der Waals surface area contributed by atoms with E-state index in [0.29, 0.717) is 0 Å². The second-order valence-electron chi connectivity index (χ2n) is 11.3. The lowest BCUT2D eigenvalue weighted by atomic mass is 9.46. The molecule has 5 heterocycles. The van der Waals surface area contributed by atoms with Crippen LogP contribution >= 0.6 is 0 Å². The minimum absolute atomic E-state index is 0.134. The third kappa shape index (κ3) is 1.71. The van der Waals surface area contributed by atoms with Gasteiger partial charge in [0.05, 0.1) is 16.6 Å². The molecule has 2 aliphatic rings. The highest BCUT2D eigenvalue weighted by Gasteiger charge is 2.41. The maximum absolute atomic E-state index is 2.70. The van der Waals surface area contributed by atoms with E-state index in [1.54, 1.807) is 0 Å². The lowest BCUT2D eigenvalue weighted by Crippen LogP contribution is -2.53. The summed E-state index contributed by atoms with van der Waals surface area (Å²) in [7, 11) is 0. The van der Waals surface area contributed by atoms with Crippen molar-refractivity contribution in [3.8, 4) is 11.1 Å². The van der Waals surface area contributed by atoms with Crippen molar-refractivity contribution in [2.45, 2.75) is 6.92 Å². The van der Waals surface area contributed by atoms with Crippen LogP contribution in [0.2, 0.25) is 0 Å². The van der Waals surface area contributed by atoms with Gasteiger partial charge in [0.2, 0.25) is 0 Å². The second-order valence-corrected chi connectivity index (χ2v) is 11.3. The zero-order chi connectivity index (χ0) is 24.4. The summed E-state index contributed by atoms with van der Waals surface area (Å²) >= 11 is 0. The predicted molar refractivity (Wildman–Crippen MR) is 162 cm³/mol. The van der Waals surface area contributed by atoms with E-state index in [9.17, 15) is 0 Å². The van der Waals surface area contributed by atoms with Gasteiger partial charge in [0, 0.05) is 54.3 Å². The van der Waals surface area contributed by atoms with E-state index in [-0.39, 0.29) is 6.85 Å². The zero-order valence-electron chi connectivity index (χ0n) is 20.7. The van der Waals surface area contributed by atoms with Gasteiger partial charge in [-0.05, 0) is 34.4 Å². The molecule has 2 nitrogen and oxygen atoms in total. The van der Waals surface area contributed by atoms with Crippen LogP contribution in [0.25, 0.3) is 81.8 Å². The van der Waals surface area contributed by atoms with Crippen LogP contribution in [0.3, 0.4) is 0 Å². The Hall–Kier alpha value is -4.76. The Bertz CT molecular complexity index is 2580. The summed E-state index contributed by atoms with van der Waals surface area (Å²) in [4.78, 5) is 0. The molecule has 3 heteroatoms. The van der Waals surface area contributed by atoms with E-state index in [1.807, 2.05) is 0 Å². The molecule has 3 aromatic heterocycles. The number of benzene rings is 6. The van der Waals surface area contributed by atoms with Gasteiger partial charge < -0.3 is 8.88 Å². The number of aryl methyl sites for hydroxylation is 1. The molecule has 0 spiro atoms. The molecule has 6 aromatic carbocycles. The minimum atomic E-state index is 0.134. The van der Waals surface area contributed by atoms with E-state index in [2.05, 4.69) is 113 Å². The van der Waals surface area contributed by atoms with Gasteiger partial charge in [0.25, 0.3) is 0 Å². The Kier molecular flexibility index (Phi) is 2.78. The van der Waals surface area contributed by atoms with E-state index in [1.165, 1.54) is 98.3 Å². The third-order valence-corrected chi connectivity index (χ3v) is 9.70. The van der Waals surface area contributed by atoms with Crippen LogP contribution in [-0.2, 0) is 0 Å². The van der Waals surface area contributed by atoms with Gasteiger partial charge in [-0.1, -0.05) is 97.1 Å². The standard InChI is InChI=1S/C35H19BN2/c1-18-17-27-24-11-4-10-22-25-16-15-19-7-2-3-8-20(19)32(25)38(33(22)24)36-28-14-6-12-23-21-9-5-13-26-29(18)35(30(27)36)37(31(21)26)34(23)28/h2-17H,1H3. The second kappa shape index (κ2) is 5.71. The molecule has 0 atom stereocenters. The van der Waals surface area contributed by atoms with Crippen LogP contribution in [0, 0.1) is 6.92 Å². The van der Waals surface area contributed by atoms with Crippen LogP contribution in [0.5, 0.6) is 0 Å². The van der Waals surface area contributed by atoms with Crippen molar-refractivity contribution in [3.63, 3.8) is 0 Å². The number of nitrogens with zero attached hydrogens (tertiary/aromatic N) is 2. The third-order valence-electron chi connectivity index (χ3n) is 9.70. The molecule has 0 aliphatic carbocycles. The van der Waals surface area contributed by atoms with Gasteiger partial charge in [0.15, 0.2) is 0 Å². The molecule has 0 bridgehead atoms. The van der Waals surface area contributed by atoms with Crippen molar-refractivity contribution in [3.05, 3.63) is 103 Å². The minimum Gasteiger partial charge on any atom is -0.375 e. The molecule has 0 saturated carbocycles. The predicted octanol–water partition coefficient (Wildman–Crippen LogP) is 7.35. The van der Waals surface area contributed by atoms with Crippen LogP contribution in [0.15, 0.2) is 97.1 Å². The van der Waals surface area contributed by atoms with Crippen molar-refractivity contribution in [2.24, 2.45) is 0 Å². The number of para-hydroxylation sites is 3. The first kappa shape index (κ1) is 18.5.